The van der Waals surface area contributed by atoms with Gasteiger partial charge in [0.05, 0.1) is 58.3 Å². The Labute approximate surface area is 331 Å². The zero-order chi connectivity index (χ0) is 40.7. The molecule has 57 heavy (non-hydrogen) atoms. The van der Waals surface area contributed by atoms with Gasteiger partial charge < -0.3 is 96.2 Å². The molecule has 0 aliphatic carbocycles. The molecule has 0 radical (unpaired) electrons. The first-order valence-electron chi connectivity index (χ1n) is 19.8. The highest BCUT2D eigenvalue weighted by atomic mass is 16.9. The van der Waals surface area contributed by atoms with E-state index in [2.05, 4.69) is 0 Å². The lowest BCUT2D eigenvalue weighted by atomic mass is 9.92. The Bertz CT molecular complexity index is 1190. The van der Waals surface area contributed by atoms with E-state index < -0.39 is 127 Å². The van der Waals surface area contributed by atoms with E-state index in [1.54, 1.807) is 55.4 Å². The van der Waals surface area contributed by atoms with Crippen molar-refractivity contribution >= 4 is 0 Å². The second kappa shape index (κ2) is 15.8. The summed E-state index contributed by atoms with van der Waals surface area (Å²) in [5.74, 6) is -3.61. The second-order valence-electron chi connectivity index (χ2n) is 18.1. The quantitative estimate of drug-likeness (QED) is 0.146. The fourth-order valence-corrected chi connectivity index (χ4v) is 8.60. The van der Waals surface area contributed by atoms with Crippen molar-refractivity contribution in [2.24, 2.45) is 5.41 Å². The largest absolute Gasteiger partial charge is 0.387 e. The van der Waals surface area contributed by atoms with Crippen LogP contribution < -0.4 is 0 Å². The SMILES string of the molecule is CC1(C)O[C@H]2O[C@H](COCC(COC[C@H]3O[C@@H]4OC(C)(C)O[C@@H]4[C@H]3O)(COC[C@H]3O[C@@H]4OC(C)(C)O[C@@H]4[C@H]3O)COC[C@H]3O[C@@H]4OC(C)(C)O[C@@H]4[C@H]3O)[C@H](O)[C@H]2O1. The van der Waals surface area contributed by atoms with Crippen LogP contribution in [0.3, 0.4) is 0 Å². The summed E-state index contributed by atoms with van der Waals surface area (Å²) in [7, 11) is 0. The first kappa shape index (κ1) is 42.9. The van der Waals surface area contributed by atoms with Gasteiger partial charge in [0.2, 0.25) is 0 Å². The first-order valence-corrected chi connectivity index (χ1v) is 19.8. The van der Waals surface area contributed by atoms with Crippen molar-refractivity contribution in [3.8, 4) is 0 Å². The van der Waals surface area contributed by atoms with Gasteiger partial charge in [0.15, 0.2) is 48.3 Å². The summed E-state index contributed by atoms with van der Waals surface area (Å²) in [4.78, 5) is 0. The number of hydrogen-bond acceptors (Lipinski definition) is 20. The zero-order valence-corrected chi connectivity index (χ0v) is 33.7. The molecule has 20 heteroatoms. The molecule has 0 bridgehead atoms. The predicted molar refractivity (Wildman–Crippen MR) is 185 cm³/mol. The Kier molecular flexibility index (Phi) is 11.9. The number of rotatable bonds is 16. The molecule has 8 fully saturated rings. The van der Waals surface area contributed by atoms with Crippen LogP contribution in [-0.2, 0) is 75.8 Å². The van der Waals surface area contributed by atoms with Crippen LogP contribution in [0.5, 0.6) is 0 Å². The van der Waals surface area contributed by atoms with E-state index >= 15 is 0 Å². The van der Waals surface area contributed by atoms with E-state index in [4.69, 9.17) is 75.8 Å². The number of ether oxygens (including phenoxy) is 16. The Hall–Kier alpha value is -0.800. The smallest absolute Gasteiger partial charge is 0.190 e. The van der Waals surface area contributed by atoms with Gasteiger partial charge in [-0.05, 0) is 55.4 Å². The maximum Gasteiger partial charge on any atom is 0.190 e. The molecule has 8 heterocycles. The molecule has 0 saturated carbocycles. The van der Waals surface area contributed by atoms with Crippen LogP contribution in [0.25, 0.3) is 0 Å². The van der Waals surface area contributed by atoms with Crippen LogP contribution in [0.15, 0.2) is 0 Å². The van der Waals surface area contributed by atoms with E-state index in [0.29, 0.717) is 0 Å². The van der Waals surface area contributed by atoms with Gasteiger partial charge in [-0.15, -0.1) is 0 Å². The summed E-state index contributed by atoms with van der Waals surface area (Å²) < 4.78 is 95.4. The third-order valence-corrected chi connectivity index (χ3v) is 11.2. The zero-order valence-electron chi connectivity index (χ0n) is 33.7. The van der Waals surface area contributed by atoms with Gasteiger partial charge in [0, 0.05) is 0 Å². The molecule has 16 atom stereocenters. The van der Waals surface area contributed by atoms with Crippen LogP contribution in [0.2, 0.25) is 0 Å². The third-order valence-electron chi connectivity index (χ3n) is 11.2. The van der Waals surface area contributed by atoms with Crippen LogP contribution in [0, 0.1) is 5.41 Å². The molecule has 8 rings (SSSR count). The highest BCUT2D eigenvalue weighted by Gasteiger charge is 2.58. The molecule has 4 N–H and O–H groups in total. The summed E-state index contributed by atoms with van der Waals surface area (Å²) in [5.41, 5.74) is -1.08. The Morgan fingerprint density at radius 1 is 0.368 bits per heavy atom. The van der Waals surface area contributed by atoms with E-state index in [9.17, 15) is 20.4 Å². The van der Waals surface area contributed by atoms with Crippen molar-refractivity contribution in [2.45, 2.75) is 177 Å². The normalized spacial score (nSPS) is 46.1. The molecular formula is C37H60O20. The third kappa shape index (κ3) is 9.08. The minimum atomic E-state index is -1.08. The van der Waals surface area contributed by atoms with Gasteiger partial charge >= 0.3 is 0 Å². The van der Waals surface area contributed by atoms with Gasteiger partial charge in [-0.2, -0.15) is 0 Å². The maximum absolute atomic E-state index is 11.0. The highest BCUT2D eigenvalue weighted by Crippen LogP contribution is 2.41. The monoisotopic (exact) mass is 824 g/mol. The summed E-state index contributed by atoms with van der Waals surface area (Å²) >= 11 is 0. The Balaban J connectivity index is 0.943. The van der Waals surface area contributed by atoms with E-state index in [-0.39, 0.29) is 52.9 Å². The number of fused-ring (bicyclic) bond motifs is 4. The lowest BCUT2D eigenvalue weighted by Gasteiger charge is -2.35. The van der Waals surface area contributed by atoms with E-state index in [1.165, 1.54) is 0 Å². The molecule has 0 amide bonds. The molecule has 20 nitrogen and oxygen atoms in total. The molecule has 8 saturated heterocycles. The van der Waals surface area contributed by atoms with Crippen LogP contribution in [0.1, 0.15) is 55.4 Å². The van der Waals surface area contributed by atoms with E-state index in [1.807, 2.05) is 0 Å². The fraction of sp³-hybridized carbons (Fsp3) is 1.00. The molecule has 8 aliphatic heterocycles. The summed E-state index contributed by atoms with van der Waals surface area (Å²) in [6.45, 7) is 13.6. The van der Waals surface area contributed by atoms with Crippen molar-refractivity contribution in [3.63, 3.8) is 0 Å². The molecule has 0 aromatic rings. The fourth-order valence-electron chi connectivity index (χ4n) is 8.60. The van der Waals surface area contributed by atoms with Crippen molar-refractivity contribution in [1.29, 1.82) is 0 Å². The van der Waals surface area contributed by atoms with Crippen molar-refractivity contribution in [2.75, 3.05) is 52.9 Å². The highest BCUT2D eigenvalue weighted by molar-refractivity contribution is 4.97. The van der Waals surface area contributed by atoms with Crippen LogP contribution in [0.4, 0.5) is 0 Å². The summed E-state index contributed by atoms with van der Waals surface area (Å²) in [6, 6.07) is 0. The molecule has 0 spiro atoms. The lowest BCUT2D eigenvalue weighted by molar-refractivity contribution is -0.229. The minimum Gasteiger partial charge on any atom is -0.387 e. The van der Waals surface area contributed by atoms with Gasteiger partial charge in [-0.25, -0.2) is 0 Å². The molecule has 8 aliphatic rings. The molecule has 328 valence electrons. The Morgan fingerprint density at radius 3 is 0.772 bits per heavy atom. The average molecular weight is 825 g/mol. The standard InChI is InChI=1S/C37H60O20/c1-33(2)50-25-21(38)17(46-29(25)54-33)9-42-13-37(14-43-10-18-22(39)26-30(47-18)55-34(3,4)51-26,15-44-11-19-23(40)27-31(48-19)56-35(5,6)52-27)16-45-12-20-24(41)28-32(49-20)57-36(7,8)53-28/h17-32,38-41H,9-16H2,1-8H3/t17-,18-,19-,20-,21+,22+,23+,24+,25-,26-,27-,28-,29-,30-,31-,32-/m1/s1. The lowest BCUT2D eigenvalue weighted by Crippen LogP contribution is -2.46. The second-order valence-corrected chi connectivity index (χ2v) is 18.1. The van der Waals surface area contributed by atoms with Crippen molar-refractivity contribution in [1.82, 2.24) is 0 Å². The minimum absolute atomic E-state index is 0.0403. The van der Waals surface area contributed by atoms with Crippen LogP contribution in [-0.4, -0.2) is 195 Å². The van der Waals surface area contributed by atoms with Gasteiger partial charge in [0.25, 0.3) is 0 Å². The molecule has 0 aromatic carbocycles. The predicted octanol–water partition coefficient (Wildman–Crippen LogP) is -1.01. The van der Waals surface area contributed by atoms with E-state index in [0.717, 1.165) is 0 Å². The van der Waals surface area contributed by atoms with Gasteiger partial charge in [0.1, 0.15) is 73.2 Å². The summed E-state index contributed by atoms with van der Waals surface area (Å²) in [5, 5.41) is 44.1. The number of aliphatic hydroxyl groups is 4. The number of hydrogen-bond donors (Lipinski definition) is 4. The van der Waals surface area contributed by atoms with Gasteiger partial charge in [-0.3, -0.25) is 0 Å². The summed E-state index contributed by atoms with van der Waals surface area (Å²) in [6.07, 6.45) is -12.9. The Morgan fingerprint density at radius 2 is 0.579 bits per heavy atom. The molecule has 0 aromatic heterocycles. The molecular weight excluding hydrogens is 764 g/mol. The maximum atomic E-state index is 11.0. The van der Waals surface area contributed by atoms with Crippen molar-refractivity contribution < 1.29 is 96.2 Å². The number of aliphatic hydroxyl groups excluding tert-OH is 4. The van der Waals surface area contributed by atoms with Crippen LogP contribution >= 0.6 is 0 Å². The first-order chi connectivity index (χ1) is 26.7. The average Bonchev–Trinajstić information content (AvgIpc) is 3.97. The van der Waals surface area contributed by atoms with Crippen molar-refractivity contribution in [3.05, 3.63) is 0 Å². The topological polar surface area (TPSA) is 229 Å². The molecule has 0 unspecified atom stereocenters. The van der Waals surface area contributed by atoms with Gasteiger partial charge in [-0.1, -0.05) is 0 Å².